The lowest BCUT2D eigenvalue weighted by Gasteiger charge is -2.36. The van der Waals surface area contributed by atoms with E-state index in [2.05, 4.69) is 30.9 Å². The molecule has 9 heteroatoms. The predicted octanol–water partition coefficient (Wildman–Crippen LogP) is 2.43. The van der Waals surface area contributed by atoms with E-state index in [0.717, 1.165) is 4.47 Å². The van der Waals surface area contributed by atoms with Crippen molar-refractivity contribution < 1.29 is 14.6 Å². The molecular formula is C12H10BrClN4O3. The molecule has 110 valence electrons. The highest BCUT2D eigenvalue weighted by Gasteiger charge is 2.31. The van der Waals surface area contributed by atoms with Crippen molar-refractivity contribution in [3.63, 3.8) is 0 Å². The molecule has 2 aromatic rings. The molecule has 0 unspecified atom stereocenters. The Morgan fingerprint density at radius 2 is 2.29 bits per heavy atom. The number of carbonyl (C=O) groups is 1. The van der Waals surface area contributed by atoms with E-state index in [0.29, 0.717) is 30.9 Å². The fraction of sp³-hybridized carbons (Fsp3) is 0.333. The van der Waals surface area contributed by atoms with Gasteiger partial charge in [0, 0.05) is 29.7 Å². The van der Waals surface area contributed by atoms with Gasteiger partial charge in [-0.05, 0) is 22.0 Å². The summed E-state index contributed by atoms with van der Waals surface area (Å²) in [4.78, 5) is 24.5. The van der Waals surface area contributed by atoms with Crippen LogP contribution in [0.15, 0.2) is 16.7 Å². The van der Waals surface area contributed by atoms with Gasteiger partial charge in [0.1, 0.15) is 5.52 Å². The van der Waals surface area contributed by atoms with E-state index in [-0.39, 0.29) is 17.0 Å². The minimum atomic E-state index is -0.912. The summed E-state index contributed by atoms with van der Waals surface area (Å²) in [6.45, 7) is 1.26. The summed E-state index contributed by atoms with van der Waals surface area (Å²) in [6, 6.07) is 1.77. The average molecular weight is 374 g/mol. The van der Waals surface area contributed by atoms with Crippen molar-refractivity contribution in [2.24, 2.45) is 5.92 Å². The lowest BCUT2D eigenvalue weighted by molar-refractivity contribution is 0.0575. The van der Waals surface area contributed by atoms with Crippen LogP contribution in [-0.4, -0.2) is 50.7 Å². The van der Waals surface area contributed by atoms with Crippen molar-refractivity contribution in [2.45, 2.75) is 0 Å². The molecule has 21 heavy (non-hydrogen) atoms. The minimum Gasteiger partial charge on any atom is -0.475 e. The molecule has 0 bridgehead atoms. The lowest BCUT2D eigenvalue weighted by Crippen LogP contribution is -2.51. The average Bonchev–Trinajstić information content (AvgIpc) is 2.37. The first-order valence-electron chi connectivity index (χ1n) is 6.12. The van der Waals surface area contributed by atoms with Gasteiger partial charge >= 0.3 is 6.09 Å². The Kier molecular flexibility index (Phi) is 3.81. The number of fused-ring (bicyclic) bond motifs is 1. The van der Waals surface area contributed by atoms with Gasteiger partial charge in [0.25, 0.3) is 5.88 Å². The van der Waals surface area contributed by atoms with Crippen LogP contribution >= 0.6 is 27.5 Å². The van der Waals surface area contributed by atoms with Gasteiger partial charge in [-0.15, -0.1) is 0 Å². The molecule has 1 saturated heterocycles. The van der Waals surface area contributed by atoms with E-state index in [1.54, 1.807) is 12.3 Å². The summed E-state index contributed by atoms with van der Waals surface area (Å²) in [5, 5.41) is 8.91. The Balaban J connectivity index is 1.68. The maximum atomic E-state index is 10.7. The number of nitrogens with zero attached hydrogens (tertiary/aromatic N) is 4. The maximum absolute atomic E-state index is 10.7. The molecular weight excluding hydrogens is 364 g/mol. The first-order chi connectivity index (χ1) is 10.0. The number of likely N-dealkylation sites (tertiary alicyclic amines) is 1. The molecule has 3 rings (SSSR count). The van der Waals surface area contributed by atoms with E-state index in [1.165, 1.54) is 4.90 Å². The number of halogens is 2. The topological polar surface area (TPSA) is 88.4 Å². The third-order valence-electron chi connectivity index (χ3n) is 3.10. The molecule has 3 heterocycles. The van der Waals surface area contributed by atoms with Gasteiger partial charge in [-0.2, -0.15) is 4.98 Å². The van der Waals surface area contributed by atoms with Gasteiger partial charge in [0.15, 0.2) is 10.8 Å². The Morgan fingerprint density at radius 1 is 1.52 bits per heavy atom. The van der Waals surface area contributed by atoms with E-state index in [9.17, 15) is 4.79 Å². The van der Waals surface area contributed by atoms with Gasteiger partial charge in [-0.1, -0.05) is 11.6 Å². The summed E-state index contributed by atoms with van der Waals surface area (Å²) in [5.41, 5.74) is 1.01. The van der Waals surface area contributed by atoms with Gasteiger partial charge in [0.05, 0.1) is 6.61 Å². The summed E-state index contributed by atoms with van der Waals surface area (Å²) in [7, 11) is 0. The maximum Gasteiger partial charge on any atom is 0.407 e. The second-order valence-electron chi connectivity index (χ2n) is 4.68. The Labute approximate surface area is 133 Å². The Morgan fingerprint density at radius 3 is 3.00 bits per heavy atom. The van der Waals surface area contributed by atoms with Gasteiger partial charge in [-0.3, -0.25) is 0 Å². The highest BCUT2D eigenvalue weighted by molar-refractivity contribution is 9.10. The summed E-state index contributed by atoms with van der Waals surface area (Å²) in [5.74, 6) is 0.361. The molecule has 1 N–H and O–H groups in total. The van der Waals surface area contributed by atoms with E-state index < -0.39 is 6.09 Å². The number of rotatable bonds is 3. The highest BCUT2D eigenvalue weighted by Crippen LogP contribution is 2.25. The minimum absolute atomic E-state index is 0.146. The van der Waals surface area contributed by atoms with E-state index in [4.69, 9.17) is 21.4 Å². The lowest BCUT2D eigenvalue weighted by atomic mass is 10.0. The molecule has 0 aliphatic carbocycles. The van der Waals surface area contributed by atoms with Crippen molar-refractivity contribution in [2.75, 3.05) is 19.7 Å². The Bertz CT molecular complexity index is 708. The number of carboxylic acid groups (broad SMARTS) is 1. The summed E-state index contributed by atoms with van der Waals surface area (Å²) in [6.07, 6.45) is 0.704. The van der Waals surface area contributed by atoms with Crippen LogP contribution in [0.1, 0.15) is 0 Å². The van der Waals surface area contributed by atoms with Gasteiger partial charge in [-0.25, -0.2) is 14.8 Å². The van der Waals surface area contributed by atoms with Crippen molar-refractivity contribution in [3.05, 3.63) is 21.9 Å². The molecule has 1 fully saturated rings. The molecule has 0 atom stereocenters. The van der Waals surface area contributed by atoms with E-state index in [1.807, 2.05) is 0 Å². The van der Waals surface area contributed by atoms with E-state index >= 15 is 0 Å². The molecule has 7 nitrogen and oxygen atoms in total. The highest BCUT2D eigenvalue weighted by atomic mass is 79.9. The summed E-state index contributed by atoms with van der Waals surface area (Å²) < 4.78 is 6.32. The van der Waals surface area contributed by atoms with Gasteiger partial charge < -0.3 is 14.7 Å². The predicted molar refractivity (Wildman–Crippen MR) is 78.6 cm³/mol. The monoisotopic (exact) mass is 372 g/mol. The zero-order valence-electron chi connectivity index (χ0n) is 10.7. The van der Waals surface area contributed by atoms with Crippen LogP contribution in [0.4, 0.5) is 4.79 Å². The molecule has 0 spiro atoms. The number of pyridine rings is 1. The second kappa shape index (κ2) is 5.61. The Hall–Kier alpha value is -1.67. The second-order valence-corrected chi connectivity index (χ2v) is 5.95. The fourth-order valence-electron chi connectivity index (χ4n) is 2.01. The van der Waals surface area contributed by atoms with Crippen molar-refractivity contribution in [1.29, 1.82) is 0 Å². The molecule has 1 amide bonds. The molecule has 0 radical (unpaired) electrons. The normalized spacial score (nSPS) is 15.0. The quantitative estimate of drug-likeness (QED) is 0.889. The van der Waals surface area contributed by atoms with Crippen LogP contribution in [0.2, 0.25) is 5.15 Å². The SMILES string of the molecule is O=C(O)N1CC(COc2nc3ncc(Br)cc3nc2Cl)C1. The van der Waals surface area contributed by atoms with Crippen molar-refractivity contribution in [3.8, 4) is 5.88 Å². The third kappa shape index (κ3) is 3.01. The first kappa shape index (κ1) is 14.3. The molecule has 0 aromatic carbocycles. The van der Waals surface area contributed by atoms with Crippen LogP contribution in [0.3, 0.4) is 0 Å². The standard InChI is InChI=1S/C12H10BrClN4O3/c13-7-1-8-10(15-2-7)17-11(9(14)16-8)21-5-6-3-18(4-6)12(19)20/h1-2,6H,3-5H2,(H,19,20). The zero-order valence-corrected chi connectivity index (χ0v) is 13.0. The zero-order chi connectivity index (χ0) is 15.0. The number of hydrogen-bond acceptors (Lipinski definition) is 5. The van der Waals surface area contributed by atoms with Crippen LogP contribution < -0.4 is 4.74 Å². The van der Waals surface area contributed by atoms with Crippen LogP contribution in [0, 0.1) is 5.92 Å². The molecule has 1 aliphatic heterocycles. The number of aromatic nitrogens is 3. The first-order valence-corrected chi connectivity index (χ1v) is 7.29. The van der Waals surface area contributed by atoms with Crippen LogP contribution in [0.25, 0.3) is 11.2 Å². The van der Waals surface area contributed by atoms with Crippen LogP contribution in [0.5, 0.6) is 5.88 Å². The fourth-order valence-corrected chi connectivity index (χ4v) is 2.51. The largest absolute Gasteiger partial charge is 0.475 e. The smallest absolute Gasteiger partial charge is 0.407 e. The number of amides is 1. The molecule has 0 saturated carbocycles. The molecule has 1 aliphatic rings. The molecule has 2 aromatic heterocycles. The number of ether oxygens (including phenoxy) is 1. The third-order valence-corrected chi connectivity index (χ3v) is 3.78. The summed E-state index contributed by atoms with van der Waals surface area (Å²) >= 11 is 9.34. The van der Waals surface area contributed by atoms with Crippen LogP contribution in [-0.2, 0) is 0 Å². The number of hydrogen-bond donors (Lipinski definition) is 1. The van der Waals surface area contributed by atoms with Crippen molar-refractivity contribution in [1.82, 2.24) is 19.9 Å². The van der Waals surface area contributed by atoms with Crippen molar-refractivity contribution >= 4 is 44.8 Å². The van der Waals surface area contributed by atoms with Gasteiger partial charge in [0.2, 0.25) is 0 Å².